The molecule has 1 saturated carbocycles. The van der Waals surface area contributed by atoms with Gasteiger partial charge in [-0.2, -0.15) is 0 Å². The van der Waals surface area contributed by atoms with Gasteiger partial charge in [0.2, 0.25) is 5.91 Å². The molecule has 2 rings (SSSR count). The Kier molecular flexibility index (Phi) is 4.97. The summed E-state index contributed by atoms with van der Waals surface area (Å²) in [5.41, 5.74) is 0.833. The average molecular weight is 289 g/mol. The minimum Gasteiger partial charge on any atom is -0.379 e. The minimum atomic E-state index is 0.0134. The Morgan fingerprint density at radius 2 is 2.50 bits per heavy atom. The van der Waals surface area contributed by atoms with Crippen LogP contribution in [0, 0.1) is 0 Å². The fourth-order valence-electron chi connectivity index (χ4n) is 2.26. The predicted molar refractivity (Wildman–Crippen MR) is 72.0 cm³/mol. The Hall–Kier alpha value is -0.650. The van der Waals surface area contributed by atoms with Gasteiger partial charge in [-0.3, -0.25) is 4.79 Å². The lowest BCUT2D eigenvalue weighted by Crippen LogP contribution is -2.41. The third kappa shape index (κ3) is 3.43. The van der Waals surface area contributed by atoms with E-state index in [1.165, 1.54) is 11.3 Å². The predicted octanol–water partition coefficient (Wildman–Crippen LogP) is 2.11. The molecule has 4 nitrogen and oxygen atoms in total. The van der Waals surface area contributed by atoms with E-state index in [1.54, 1.807) is 7.11 Å². The van der Waals surface area contributed by atoms with Crippen molar-refractivity contribution in [2.75, 3.05) is 7.11 Å². The van der Waals surface area contributed by atoms with E-state index in [4.69, 9.17) is 16.3 Å². The molecule has 1 aromatic rings. The Morgan fingerprint density at radius 1 is 1.67 bits per heavy atom. The van der Waals surface area contributed by atoms with Gasteiger partial charge < -0.3 is 10.1 Å². The van der Waals surface area contributed by atoms with Crippen LogP contribution in [0.5, 0.6) is 0 Å². The van der Waals surface area contributed by atoms with Crippen molar-refractivity contribution >= 4 is 28.8 Å². The van der Waals surface area contributed by atoms with Gasteiger partial charge in [0, 0.05) is 12.5 Å². The number of carbonyl (C=O) groups is 1. The van der Waals surface area contributed by atoms with Gasteiger partial charge in [-0.1, -0.05) is 0 Å². The van der Waals surface area contributed by atoms with Gasteiger partial charge in [0.1, 0.15) is 5.01 Å². The number of ether oxygens (including phenoxy) is 1. The summed E-state index contributed by atoms with van der Waals surface area (Å²) in [5, 5.41) is 5.73. The van der Waals surface area contributed by atoms with E-state index in [1.807, 2.05) is 5.38 Å². The zero-order chi connectivity index (χ0) is 13.0. The summed E-state index contributed by atoms with van der Waals surface area (Å²) < 4.78 is 5.35. The second-order valence-corrected chi connectivity index (χ2v) is 5.63. The van der Waals surface area contributed by atoms with Crippen molar-refractivity contribution in [2.24, 2.45) is 0 Å². The molecule has 0 aliphatic heterocycles. The van der Waals surface area contributed by atoms with Gasteiger partial charge in [-0.05, 0) is 19.3 Å². The number of rotatable bonds is 5. The average Bonchev–Trinajstić information content (AvgIpc) is 2.97. The number of nitrogens with one attached hydrogen (secondary N) is 1. The normalized spacial score (nSPS) is 23.2. The molecule has 1 aliphatic rings. The number of alkyl halides is 1. The summed E-state index contributed by atoms with van der Waals surface area (Å²) in [6, 6.07) is 0.148. The summed E-state index contributed by atoms with van der Waals surface area (Å²) in [7, 11) is 1.70. The molecule has 0 radical (unpaired) electrons. The molecule has 6 heteroatoms. The van der Waals surface area contributed by atoms with Crippen molar-refractivity contribution in [3.63, 3.8) is 0 Å². The van der Waals surface area contributed by atoms with Crippen LogP contribution < -0.4 is 5.32 Å². The molecule has 0 spiro atoms. The van der Waals surface area contributed by atoms with Crippen molar-refractivity contribution in [3.05, 3.63) is 16.1 Å². The van der Waals surface area contributed by atoms with Gasteiger partial charge in [0.05, 0.1) is 30.1 Å². The lowest BCUT2D eigenvalue weighted by Gasteiger charge is -2.19. The van der Waals surface area contributed by atoms with Crippen molar-refractivity contribution in [2.45, 2.75) is 43.7 Å². The van der Waals surface area contributed by atoms with Gasteiger partial charge >= 0.3 is 0 Å². The summed E-state index contributed by atoms with van der Waals surface area (Å²) in [6.45, 7) is 0. The molecule has 0 bridgehead atoms. The van der Waals surface area contributed by atoms with Crippen LogP contribution in [0.4, 0.5) is 0 Å². The topological polar surface area (TPSA) is 51.2 Å². The monoisotopic (exact) mass is 288 g/mol. The highest BCUT2D eigenvalue weighted by Gasteiger charge is 2.28. The van der Waals surface area contributed by atoms with Crippen LogP contribution in [0.25, 0.3) is 0 Å². The number of halogens is 1. The molecular weight excluding hydrogens is 272 g/mol. The second kappa shape index (κ2) is 6.50. The van der Waals surface area contributed by atoms with E-state index in [2.05, 4.69) is 10.3 Å². The second-order valence-electron chi connectivity index (χ2n) is 4.42. The van der Waals surface area contributed by atoms with Gasteiger partial charge in [0.25, 0.3) is 0 Å². The molecule has 0 aromatic carbocycles. The maximum Gasteiger partial charge on any atom is 0.227 e. The van der Waals surface area contributed by atoms with Crippen LogP contribution in [0.1, 0.15) is 30.0 Å². The molecule has 18 heavy (non-hydrogen) atoms. The lowest BCUT2D eigenvalue weighted by molar-refractivity contribution is -0.121. The standard InChI is InChI=1S/C12H17ClN2O2S/c1-17-10-4-2-3-9(10)15-11(16)5-12-14-8(6-13)7-18-12/h7,9-10H,2-6H2,1H3,(H,15,16). The van der Waals surface area contributed by atoms with Gasteiger partial charge in [0.15, 0.2) is 0 Å². The van der Waals surface area contributed by atoms with E-state index in [0.717, 1.165) is 30.0 Å². The molecular formula is C12H17ClN2O2S. The third-order valence-electron chi connectivity index (χ3n) is 3.15. The number of carbonyl (C=O) groups excluding carboxylic acids is 1. The highest BCUT2D eigenvalue weighted by Crippen LogP contribution is 2.21. The maximum absolute atomic E-state index is 11.9. The summed E-state index contributed by atoms with van der Waals surface area (Å²) in [5.74, 6) is 0.409. The molecule has 1 fully saturated rings. The molecule has 1 aromatic heterocycles. The first-order valence-corrected chi connectivity index (χ1v) is 7.45. The first kappa shape index (κ1) is 13.8. The molecule has 100 valence electrons. The molecule has 1 heterocycles. The van der Waals surface area contributed by atoms with E-state index in [-0.39, 0.29) is 18.1 Å². The van der Waals surface area contributed by atoms with Crippen molar-refractivity contribution in [3.8, 4) is 0 Å². The summed E-state index contributed by atoms with van der Waals surface area (Å²) in [6.07, 6.45) is 3.61. The molecule has 1 amide bonds. The van der Waals surface area contributed by atoms with Crippen molar-refractivity contribution in [1.82, 2.24) is 10.3 Å². The SMILES string of the molecule is COC1CCCC1NC(=O)Cc1nc(CCl)cs1. The number of hydrogen-bond donors (Lipinski definition) is 1. The van der Waals surface area contributed by atoms with E-state index in [9.17, 15) is 4.79 Å². The van der Waals surface area contributed by atoms with E-state index in [0.29, 0.717) is 12.3 Å². The van der Waals surface area contributed by atoms with Gasteiger partial charge in [-0.25, -0.2) is 4.98 Å². The van der Waals surface area contributed by atoms with Gasteiger partial charge in [-0.15, -0.1) is 22.9 Å². The Labute approximate surface area is 116 Å². The molecule has 0 saturated heterocycles. The van der Waals surface area contributed by atoms with Crippen LogP contribution in [-0.4, -0.2) is 30.1 Å². The minimum absolute atomic E-state index is 0.0134. The van der Waals surface area contributed by atoms with Crippen molar-refractivity contribution in [1.29, 1.82) is 0 Å². The fourth-order valence-corrected chi connectivity index (χ4v) is 3.28. The Morgan fingerprint density at radius 3 is 3.17 bits per heavy atom. The number of nitrogens with zero attached hydrogens (tertiary/aromatic N) is 1. The number of methoxy groups -OCH3 is 1. The smallest absolute Gasteiger partial charge is 0.227 e. The zero-order valence-corrected chi connectivity index (χ0v) is 11.9. The highest BCUT2D eigenvalue weighted by atomic mass is 35.5. The summed E-state index contributed by atoms with van der Waals surface area (Å²) in [4.78, 5) is 16.2. The first-order chi connectivity index (χ1) is 8.72. The largest absolute Gasteiger partial charge is 0.379 e. The van der Waals surface area contributed by atoms with Crippen LogP contribution >= 0.6 is 22.9 Å². The summed E-state index contributed by atoms with van der Waals surface area (Å²) >= 11 is 7.16. The maximum atomic E-state index is 11.9. The number of hydrogen-bond acceptors (Lipinski definition) is 4. The Balaban J connectivity index is 1.84. The fraction of sp³-hybridized carbons (Fsp3) is 0.667. The first-order valence-electron chi connectivity index (χ1n) is 6.04. The Bertz CT molecular complexity index is 411. The number of aromatic nitrogens is 1. The quantitative estimate of drug-likeness (QED) is 0.844. The zero-order valence-electron chi connectivity index (χ0n) is 10.3. The molecule has 1 N–H and O–H groups in total. The van der Waals surface area contributed by atoms with Crippen LogP contribution in [-0.2, 0) is 21.8 Å². The van der Waals surface area contributed by atoms with E-state index < -0.39 is 0 Å². The lowest BCUT2D eigenvalue weighted by atomic mass is 10.2. The van der Waals surface area contributed by atoms with Crippen LogP contribution in [0.3, 0.4) is 0 Å². The third-order valence-corrected chi connectivity index (χ3v) is 4.32. The van der Waals surface area contributed by atoms with E-state index >= 15 is 0 Å². The van der Waals surface area contributed by atoms with Crippen LogP contribution in [0.15, 0.2) is 5.38 Å². The number of thiazole rings is 1. The molecule has 1 aliphatic carbocycles. The van der Waals surface area contributed by atoms with Crippen molar-refractivity contribution < 1.29 is 9.53 Å². The highest BCUT2D eigenvalue weighted by molar-refractivity contribution is 7.09. The molecule has 2 atom stereocenters. The molecule has 2 unspecified atom stereocenters. The number of amides is 1. The van der Waals surface area contributed by atoms with Crippen LogP contribution in [0.2, 0.25) is 0 Å².